The molecule has 0 amide bonds. The molecule has 0 unspecified atom stereocenters. The number of anilines is 2. The molecule has 0 atom stereocenters. The van der Waals surface area contributed by atoms with Gasteiger partial charge in [-0.1, -0.05) is 146 Å². The molecule has 1 aliphatic rings. The second-order valence-corrected chi connectivity index (χ2v) is 14.4. The van der Waals surface area contributed by atoms with Crippen molar-refractivity contribution in [2.75, 3.05) is 5.32 Å². The topological polar surface area (TPSA) is 12.0 Å². The zero-order valence-corrected chi connectivity index (χ0v) is 26.4. The highest BCUT2D eigenvalue weighted by Gasteiger charge is 2.36. The van der Waals surface area contributed by atoms with Crippen molar-refractivity contribution in [3.05, 3.63) is 131 Å². The summed E-state index contributed by atoms with van der Waals surface area (Å²) in [5.74, 6) is 0. The van der Waals surface area contributed by atoms with Crippen LogP contribution in [0.15, 0.2) is 109 Å². The minimum absolute atomic E-state index is 0.0365. The van der Waals surface area contributed by atoms with E-state index in [1.54, 1.807) is 0 Å². The van der Waals surface area contributed by atoms with Gasteiger partial charge in [-0.2, -0.15) is 0 Å². The number of benzene rings is 5. The first kappa shape index (κ1) is 28.0. The van der Waals surface area contributed by atoms with E-state index < -0.39 is 0 Å². The van der Waals surface area contributed by atoms with Crippen LogP contribution >= 0.6 is 0 Å². The van der Waals surface area contributed by atoms with E-state index in [2.05, 4.69) is 170 Å². The Kier molecular flexibility index (Phi) is 6.69. The largest absolute Gasteiger partial charge is 0.355 e. The van der Waals surface area contributed by atoms with Crippen molar-refractivity contribution >= 4 is 11.4 Å². The summed E-state index contributed by atoms with van der Waals surface area (Å²) in [5, 5.41) is 3.95. The van der Waals surface area contributed by atoms with E-state index in [0.717, 1.165) is 11.4 Å². The molecular formula is C41H43N. The van der Waals surface area contributed by atoms with Crippen molar-refractivity contribution in [2.24, 2.45) is 0 Å². The van der Waals surface area contributed by atoms with E-state index in [0.29, 0.717) is 0 Å². The Morgan fingerprint density at radius 1 is 0.452 bits per heavy atom. The predicted molar refractivity (Wildman–Crippen MR) is 182 cm³/mol. The Balaban J connectivity index is 1.62. The van der Waals surface area contributed by atoms with Crippen LogP contribution in [0.1, 0.15) is 77.6 Å². The number of para-hydroxylation sites is 1. The predicted octanol–water partition coefficient (Wildman–Crippen LogP) is 11.7. The Bertz CT molecular complexity index is 1740. The molecule has 0 saturated carbocycles. The van der Waals surface area contributed by atoms with Crippen LogP contribution < -0.4 is 5.32 Å². The van der Waals surface area contributed by atoms with Gasteiger partial charge in [0.2, 0.25) is 0 Å². The molecule has 0 fully saturated rings. The van der Waals surface area contributed by atoms with Gasteiger partial charge in [0.05, 0.1) is 0 Å². The van der Waals surface area contributed by atoms with E-state index in [-0.39, 0.29) is 16.2 Å². The number of rotatable bonds is 4. The molecule has 5 aromatic rings. The fraction of sp³-hybridized carbons (Fsp3) is 0.268. The highest BCUT2D eigenvalue weighted by atomic mass is 14.9. The molecule has 0 spiro atoms. The number of fused-ring (bicyclic) bond motifs is 3. The molecular weight excluding hydrogens is 506 g/mol. The van der Waals surface area contributed by atoms with Crippen LogP contribution in [-0.2, 0) is 16.2 Å². The van der Waals surface area contributed by atoms with Gasteiger partial charge in [-0.15, -0.1) is 0 Å². The highest BCUT2D eigenvalue weighted by molar-refractivity contribution is 5.93. The standard InChI is InChI=1S/C41H43N/c1-39(2,3)29-22-28(23-30(24-29)40(4,5)6)33-25-34-32-19-12-14-20-35(32)41(7,8)36(34)26-38(33)42-37-21-15-13-18-31(37)27-16-10-9-11-17-27/h9-26,42H,1-8H3. The molecule has 0 heterocycles. The first-order valence-corrected chi connectivity index (χ1v) is 15.2. The maximum absolute atomic E-state index is 3.95. The lowest BCUT2D eigenvalue weighted by Crippen LogP contribution is -2.17. The minimum atomic E-state index is -0.0797. The van der Waals surface area contributed by atoms with Crippen molar-refractivity contribution in [3.63, 3.8) is 0 Å². The van der Waals surface area contributed by atoms with Crippen molar-refractivity contribution < 1.29 is 0 Å². The lowest BCUT2D eigenvalue weighted by Gasteiger charge is -2.27. The maximum atomic E-state index is 3.95. The molecule has 0 radical (unpaired) electrons. The molecule has 1 N–H and O–H groups in total. The van der Waals surface area contributed by atoms with Gasteiger partial charge in [0, 0.05) is 27.9 Å². The van der Waals surface area contributed by atoms with E-state index in [4.69, 9.17) is 0 Å². The third kappa shape index (κ3) is 4.96. The normalized spacial score (nSPS) is 13.9. The summed E-state index contributed by atoms with van der Waals surface area (Å²) in [7, 11) is 0. The lowest BCUT2D eigenvalue weighted by molar-refractivity contribution is 0.569. The maximum Gasteiger partial charge on any atom is 0.0467 e. The van der Waals surface area contributed by atoms with Crippen LogP contribution in [0.25, 0.3) is 33.4 Å². The summed E-state index contributed by atoms with van der Waals surface area (Å²) in [5.41, 5.74) is 15.3. The Labute approximate surface area is 252 Å². The molecule has 1 nitrogen and oxygen atoms in total. The lowest BCUT2D eigenvalue weighted by atomic mass is 9.78. The molecule has 0 saturated heterocycles. The fourth-order valence-corrected chi connectivity index (χ4v) is 6.35. The smallest absolute Gasteiger partial charge is 0.0467 e. The van der Waals surface area contributed by atoms with E-state index in [1.165, 1.54) is 55.6 Å². The van der Waals surface area contributed by atoms with Gasteiger partial charge in [0.15, 0.2) is 0 Å². The van der Waals surface area contributed by atoms with Crippen LogP contribution in [0, 0.1) is 0 Å². The molecule has 42 heavy (non-hydrogen) atoms. The van der Waals surface area contributed by atoms with E-state index in [9.17, 15) is 0 Å². The Morgan fingerprint density at radius 3 is 1.67 bits per heavy atom. The third-order valence-electron chi connectivity index (χ3n) is 8.98. The summed E-state index contributed by atoms with van der Waals surface area (Å²) in [6, 6.07) is 40.4. The van der Waals surface area contributed by atoms with Crippen LogP contribution in [0.2, 0.25) is 0 Å². The van der Waals surface area contributed by atoms with Gasteiger partial charge in [-0.05, 0) is 73.5 Å². The molecule has 1 heteroatoms. The Hall–Kier alpha value is -4.10. The van der Waals surface area contributed by atoms with Gasteiger partial charge in [0.1, 0.15) is 0 Å². The van der Waals surface area contributed by atoms with Crippen molar-refractivity contribution in [2.45, 2.75) is 71.6 Å². The zero-order valence-electron chi connectivity index (χ0n) is 26.4. The summed E-state index contributed by atoms with van der Waals surface area (Å²) < 4.78 is 0. The SMILES string of the molecule is CC(C)(C)c1cc(-c2cc3c(cc2Nc2ccccc2-c2ccccc2)C(C)(C)c2ccccc2-3)cc(C(C)(C)C)c1. The van der Waals surface area contributed by atoms with Crippen LogP contribution in [-0.4, -0.2) is 0 Å². The van der Waals surface area contributed by atoms with Crippen molar-refractivity contribution in [3.8, 4) is 33.4 Å². The molecule has 5 aromatic carbocycles. The van der Waals surface area contributed by atoms with Crippen LogP contribution in [0.4, 0.5) is 11.4 Å². The van der Waals surface area contributed by atoms with Gasteiger partial charge in [-0.25, -0.2) is 0 Å². The Morgan fingerprint density at radius 2 is 1.02 bits per heavy atom. The average molecular weight is 550 g/mol. The second-order valence-electron chi connectivity index (χ2n) is 14.4. The van der Waals surface area contributed by atoms with E-state index >= 15 is 0 Å². The quantitative estimate of drug-likeness (QED) is 0.235. The van der Waals surface area contributed by atoms with E-state index in [1.807, 2.05) is 0 Å². The van der Waals surface area contributed by atoms with Gasteiger partial charge >= 0.3 is 0 Å². The average Bonchev–Trinajstić information content (AvgIpc) is 3.18. The third-order valence-corrected chi connectivity index (χ3v) is 8.98. The number of hydrogen-bond acceptors (Lipinski definition) is 1. The molecule has 212 valence electrons. The van der Waals surface area contributed by atoms with Crippen molar-refractivity contribution in [1.82, 2.24) is 0 Å². The van der Waals surface area contributed by atoms with Gasteiger partial charge in [-0.3, -0.25) is 0 Å². The number of nitrogens with one attached hydrogen (secondary N) is 1. The summed E-state index contributed by atoms with van der Waals surface area (Å²) in [6.07, 6.45) is 0. The van der Waals surface area contributed by atoms with Gasteiger partial charge in [0.25, 0.3) is 0 Å². The molecule has 0 aromatic heterocycles. The second kappa shape index (κ2) is 10.0. The van der Waals surface area contributed by atoms with Crippen molar-refractivity contribution in [1.29, 1.82) is 0 Å². The fourth-order valence-electron chi connectivity index (χ4n) is 6.35. The molecule has 1 aliphatic carbocycles. The molecule has 6 rings (SSSR count). The molecule has 0 bridgehead atoms. The first-order valence-electron chi connectivity index (χ1n) is 15.2. The summed E-state index contributed by atoms with van der Waals surface area (Å²) in [4.78, 5) is 0. The highest BCUT2D eigenvalue weighted by Crippen LogP contribution is 2.52. The number of hydrogen-bond donors (Lipinski definition) is 1. The zero-order chi connectivity index (χ0) is 29.9. The monoisotopic (exact) mass is 549 g/mol. The molecule has 0 aliphatic heterocycles. The minimum Gasteiger partial charge on any atom is -0.355 e. The summed E-state index contributed by atoms with van der Waals surface area (Å²) in [6.45, 7) is 18.6. The van der Waals surface area contributed by atoms with Crippen LogP contribution in [0.3, 0.4) is 0 Å². The summed E-state index contributed by atoms with van der Waals surface area (Å²) >= 11 is 0. The van der Waals surface area contributed by atoms with Crippen LogP contribution in [0.5, 0.6) is 0 Å². The first-order chi connectivity index (χ1) is 19.8. The van der Waals surface area contributed by atoms with Gasteiger partial charge < -0.3 is 5.32 Å².